The third kappa shape index (κ3) is 5.68. The zero-order valence-corrected chi connectivity index (χ0v) is 17.4. The van der Waals surface area contributed by atoms with Crippen LogP contribution in [0, 0.1) is 6.92 Å². The molecule has 8 heteroatoms. The molecule has 0 aliphatic rings. The molecule has 0 unspecified atom stereocenters. The molecule has 1 heterocycles. The van der Waals surface area contributed by atoms with Gasteiger partial charge in [-0.25, -0.2) is 0 Å². The summed E-state index contributed by atoms with van der Waals surface area (Å²) in [7, 11) is 0. The maximum Gasteiger partial charge on any atom is 0.237 e. The summed E-state index contributed by atoms with van der Waals surface area (Å²) in [6, 6.07) is 17.1. The normalized spacial score (nSPS) is 11.7. The van der Waals surface area contributed by atoms with E-state index in [0.717, 1.165) is 11.4 Å². The molecule has 0 fully saturated rings. The SMILES string of the molecule is CC(=O)Nc1ccc(NC(=O)[C@H](C)Sc2nnc(C)n2Cc2ccccc2)cc1. The van der Waals surface area contributed by atoms with Crippen LogP contribution in [0.1, 0.15) is 25.2 Å². The van der Waals surface area contributed by atoms with E-state index >= 15 is 0 Å². The second-order valence-electron chi connectivity index (χ2n) is 6.61. The van der Waals surface area contributed by atoms with Crippen LogP contribution >= 0.6 is 11.8 Å². The average Bonchev–Trinajstić information content (AvgIpc) is 3.03. The molecule has 2 amide bonds. The minimum atomic E-state index is -0.358. The van der Waals surface area contributed by atoms with Crippen LogP contribution in [0.15, 0.2) is 59.8 Å². The molecule has 0 spiro atoms. The van der Waals surface area contributed by atoms with Crippen LogP contribution in [0.4, 0.5) is 11.4 Å². The summed E-state index contributed by atoms with van der Waals surface area (Å²) in [5.74, 6) is 0.536. The van der Waals surface area contributed by atoms with Gasteiger partial charge in [-0.2, -0.15) is 0 Å². The number of amides is 2. The van der Waals surface area contributed by atoms with Gasteiger partial charge >= 0.3 is 0 Å². The largest absolute Gasteiger partial charge is 0.326 e. The lowest BCUT2D eigenvalue weighted by atomic mass is 10.2. The van der Waals surface area contributed by atoms with E-state index in [2.05, 4.69) is 33.0 Å². The van der Waals surface area contributed by atoms with Gasteiger partial charge in [0.1, 0.15) is 5.82 Å². The Kier molecular flexibility index (Phi) is 6.66. The van der Waals surface area contributed by atoms with Crippen LogP contribution in [-0.4, -0.2) is 31.8 Å². The standard InChI is InChI=1S/C21H23N5O2S/c1-14(20(28)23-19-11-9-18(10-12-19)22-16(3)27)29-21-25-24-15(2)26(21)13-17-7-5-4-6-8-17/h4-12,14H,13H2,1-3H3,(H,22,27)(H,23,28)/t14-/m0/s1. The highest BCUT2D eigenvalue weighted by Crippen LogP contribution is 2.24. The van der Waals surface area contributed by atoms with Crippen molar-refractivity contribution in [1.29, 1.82) is 0 Å². The molecule has 0 aliphatic heterocycles. The first-order valence-electron chi connectivity index (χ1n) is 9.21. The van der Waals surface area contributed by atoms with E-state index in [1.54, 1.807) is 24.3 Å². The number of nitrogens with one attached hydrogen (secondary N) is 2. The van der Waals surface area contributed by atoms with Crippen molar-refractivity contribution in [3.05, 3.63) is 66.0 Å². The van der Waals surface area contributed by atoms with Crippen molar-refractivity contribution in [2.75, 3.05) is 10.6 Å². The van der Waals surface area contributed by atoms with Crippen molar-refractivity contribution < 1.29 is 9.59 Å². The zero-order chi connectivity index (χ0) is 20.8. The summed E-state index contributed by atoms with van der Waals surface area (Å²) in [4.78, 5) is 23.7. The van der Waals surface area contributed by atoms with E-state index in [-0.39, 0.29) is 17.1 Å². The molecule has 2 N–H and O–H groups in total. The molecule has 0 saturated carbocycles. The number of carbonyl (C=O) groups excluding carboxylic acids is 2. The molecule has 7 nitrogen and oxygen atoms in total. The predicted molar refractivity (Wildman–Crippen MR) is 115 cm³/mol. The Morgan fingerprint density at radius 1 is 1.00 bits per heavy atom. The fraction of sp³-hybridized carbons (Fsp3) is 0.238. The van der Waals surface area contributed by atoms with Gasteiger partial charge in [-0.15, -0.1) is 10.2 Å². The highest BCUT2D eigenvalue weighted by atomic mass is 32.2. The zero-order valence-electron chi connectivity index (χ0n) is 16.5. The fourth-order valence-corrected chi connectivity index (χ4v) is 3.59. The number of thioether (sulfide) groups is 1. The lowest BCUT2D eigenvalue weighted by Crippen LogP contribution is -2.23. The van der Waals surface area contributed by atoms with Gasteiger partial charge in [0.2, 0.25) is 11.8 Å². The summed E-state index contributed by atoms with van der Waals surface area (Å²) in [5.41, 5.74) is 2.49. The van der Waals surface area contributed by atoms with Gasteiger partial charge in [0.25, 0.3) is 0 Å². The molecule has 0 aliphatic carbocycles. The van der Waals surface area contributed by atoms with E-state index < -0.39 is 0 Å². The van der Waals surface area contributed by atoms with Crippen LogP contribution in [0.25, 0.3) is 0 Å². The van der Waals surface area contributed by atoms with E-state index in [1.165, 1.54) is 18.7 Å². The van der Waals surface area contributed by atoms with E-state index in [9.17, 15) is 9.59 Å². The summed E-state index contributed by atoms with van der Waals surface area (Å²) in [5, 5.41) is 14.3. The summed E-state index contributed by atoms with van der Waals surface area (Å²) in [6.45, 7) is 5.84. The van der Waals surface area contributed by atoms with Crippen molar-refractivity contribution in [1.82, 2.24) is 14.8 Å². The molecule has 3 rings (SSSR count). The Morgan fingerprint density at radius 3 is 2.24 bits per heavy atom. The second-order valence-corrected chi connectivity index (χ2v) is 7.92. The summed E-state index contributed by atoms with van der Waals surface area (Å²) in [6.07, 6.45) is 0. The minimum Gasteiger partial charge on any atom is -0.326 e. The van der Waals surface area contributed by atoms with E-state index in [4.69, 9.17) is 0 Å². The van der Waals surface area contributed by atoms with Crippen molar-refractivity contribution in [3.63, 3.8) is 0 Å². The van der Waals surface area contributed by atoms with Gasteiger partial charge in [0.15, 0.2) is 5.16 Å². The van der Waals surface area contributed by atoms with Crippen LogP contribution in [-0.2, 0) is 16.1 Å². The topological polar surface area (TPSA) is 88.9 Å². The molecular weight excluding hydrogens is 386 g/mol. The molecule has 2 aromatic carbocycles. The third-order valence-electron chi connectivity index (χ3n) is 4.21. The number of benzene rings is 2. The quantitative estimate of drug-likeness (QED) is 0.581. The Hall–Kier alpha value is -3.13. The van der Waals surface area contributed by atoms with Crippen LogP contribution in [0.5, 0.6) is 0 Å². The van der Waals surface area contributed by atoms with Crippen molar-refractivity contribution in [3.8, 4) is 0 Å². The summed E-state index contributed by atoms with van der Waals surface area (Å²) < 4.78 is 2.01. The Labute approximate surface area is 173 Å². The maximum absolute atomic E-state index is 12.6. The lowest BCUT2D eigenvalue weighted by molar-refractivity contribution is -0.115. The Morgan fingerprint density at radius 2 is 1.62 bits per heavy atom. The van der Waals surface area contributed by atoms with Gasteiger partial charge in [0.05, 0.1) is 11.8 Å². The number of rotatable bonds is 7. The lowest BCUT2D eigenvalue weighted by Gasteiger charge is -2.13. The Balaban J connectivity index is 1.63. The molecule has 1 aromatic heterocycles. The van der Waals surface area contributed by atoms with Gasteiger partial charge in [-0.3, -0.25) is 9.59 Å². The highest BCUT2D eigenvalue weighted by molar-refractivity contribution is 8.00. The van der Waals surface area contributed by atoms with Crippen molar-refractivity contribution >= 4 is 35.0 Å². The Bertz CT molecular complexity index is 986. The van der Waals surface area contributed by atoms with Crippen LogP contribution < -0.4 is 10.6 Å². The van der Waals surface area contributed by atoms with Crippen molar-refractivity contribution in [2.45, 2.75) is 37.7 Å². The van der Waals surface area contributed by atoms with Crippen LogP contribution in [0.2, 0.25) is 0 Å². The first-order chi connectivity index (χ1) is 13.9. The highest BCUT2D eigenvalue weighted by Gasteiger charge is 2.19. The molecule has 150 valence electrons. The van der Waals surface area contributed by atoms with Crippen LogP contribution in [0.3, 0.4) is 0 Å². The molecule has 0 saturated heterocycles. The van der Waals surface area contributed by atoms with E-state index in [1.807, 2.05) is 36.6 Å². The van der Waals surface area contributed by atoms with Crippen molar-refractivity contribution in [2.24, 2.45) is 0 Å². The molecule has 3 aromatic rings. The van der Waals surface area contributed by atoms with Gasteiger partial charge < -0.3 is 15.2 Å². The number of hydrogen-bond acceptors (Lipinski definition) is 5. The third-order valence-corrected chi connectivity index (χ3v) is 5.29. The number of aromatic nitrogens is 3. The van der Waals surface area contributed by atoms with E-state index in [0.29, 0.717) is 23.1 Å². The molecule has 29 heavy (non-hydrogen) atoms. The first kappa shape index (κ1) is 20.6. The molecule has 0 bridgehead atoms. The first-order valence-corrected chi connectivity index (χ1v) is 10.1. The molecular formula is C21H23N5O2S. The summed E-state index contributed by atoms with van der Waals surface area (Å²) >= 11 is 1.37. The number of aryl methyl sites for hydroxylation is 1. The molecule has 0 radical (unpaired) electrons. The number of nitrogens with zero attached hydrogens (tertiary/aromatic N) is 3. The smallest absolute Gasteiger partial charge is 0.237 e. The van der Waals surface area contributed by atoms with Gasteiger partial charge in [-0.1, -0.05) is 42.1 Å². The number of carbonyl (C=O) groups is 2. The van der Waals surface area contributed by atoms with Gasteiger partial charge in [0, 0.05) is 18.3 Å². The number of hydrogen-bond donors (Lipinski definition) is 2. The fourth-order valence-electron chi connectivity index (χ4n) is 2.69. The minimum absolute atomic E-state index is 0.130. The molecule has 1 atom stereocenters. The second kappa shape index (κ2) is 9.38. The average molecular weight is 410 g/mol. The monoisotopic (exact) mass is 409 g/mol. The number of anilines is 2. The van der Waals surface area contributed by atoms with Gasteiger partial charge in [-0.05, 0) is 43.7 Å². The maximum atomic E-state index is 12.6. The predicted octanol–water partition coefficient (Wildman–Crippen LogP) is 3.71.